The van der Waals surface area contributed by atoms with Crippen LogP contribution in [0.4, 0.5) is 0 Å². The number of pyridine rings is 1. The van der Waals surface area contributed by atoms with Gasteiger partial charge in [0.1, 0.15) is 5.75 Å². The van der Waals surface area contributed by atoms with E-state index in [4.69, 9.17) is 0 Å². The zero-order valence-electron chi connectivity index (χ0n) is 13.4. The second kappa shape index (κ2) is 6.50. The Morgan fingerprint density at radius 3 is 2.75 bits per heavy atom. The monoisotopic (exact) mass is 319 g/mol. The molecule has 2 N–H and O–H groups in total. The predicted octanol–water partition coefficient (Wildman–Crippen LogP) is 3.32. The van der Waals surface area contributed by atoms with Gasteiger partial charge in [-0.15, -0.1) is 0 Å². The van der Waals surface area contributed by atoms with Crippen molar-refractivity contribution in [2.75, 3.05) is 0 Å². The average molecular weight is 319 g/mol. The lowest BCUT2D eigenvalue weighted by atomic mass is 10.1. The maximum absolute atomic E-state index is 12.3. The summed E-state index contributed by atoms with van der Waals surface area (Å²) in [6, 6.07) is 14.3. The molecule has 1 heterocycles. The van der Waals surface area contributed by atoms with Gasteiger partial charge in [0.2, 0.25) is 0 Å². The summed E-state index contributed by atoms with van der Waals surface area (Å²) in [5, 5.41) is 14.3. The number of aryl methyl sites for hydroxylation is 2. The number of aromatic nitrogens is 1. The molecule has 0 aliphatic heterocycles. The van der Waals surface area contributed by atoms with Crippen molar-refractivity contribution >= 4 is 23.0 Å². The summed E-state index contributed by atoms with van der Waals surface area (Å²) in [6.07, 6.45) is 1.48. The number of carbonyl (C=O) groups excluding carboxylic acids is 1. The molecule has 0 bridgehead atoms. The van der Waals surface area contributed by atoms with Crippen LogP contribution in [-0.2, 0) is 0 Å². The lowest BCUT2D eigenvalue weighted by Crippen LogP contribution is -2.19. The molecule has 0 aliphatic carbocycles. The number of hydrogen-bond acceptors (Lipinski definition) is 4. The number of hydrazone groups is 1. The molecule has 0 radical (unpaired) electrons. The van der Waals surface area contributed by atoms with Crippen LogP contribution in [0.25, 0.3) is 10.9 Å². The number of amides is 1. The van der Waals surface area contributed by atoms with Crippen molar-refractivity contribution in [3.8, 4) is 5.75 Å². The Balaban J connectivity index is 1.82. The van der Waals surface area contributed by atoms with Crippen LogP contribution in [0, 0.1) is 13.8 Å². The Morgan fingerprint density at radius 2 is 1.96 bits per heavy atom. The number of fused-ring (bicyclic) bond motifs is 1. The first kappa shape index (κ1) is 15.7. The van der Waals surface area contributed by atoms with E-state index in [1.54, 1.807) is 31.2 Å². The van der Waals surface area contributed by atoms with Gasteiger partial charge in [-0.25, -0.2) is 5.43 Å². The SMILES string of the molecule is Cc1nc2c(C)cccc2cc1C(=O)NN=Cc1cccc(O)c1. The highest BCUT2D eigenvalue weighted by Gasteiger charge is 2.11. The van der Waals surface area contributed by atoms with Gasteiger partial charge < -0.3 is 5.11 Å². The minimum Gasteiger partial charge on any atom is -0.508 e. The number of nitrogens with one attached hydrogen (secondary N) is 1. The van der Waals surface area contributed by atoms with Gasteiger partial charge in [-0.1, -0.05) is 30.3 Å². The molecule has 3 aromatic rings. The first-order valence-corrected chi connectivity index (χ1v) is 7.54. The molecule has 0 saturated heterocycles. The summed E-state index contributed by atoms with van der Waals surface area (Å²) in [5.41, 5.74) is 6.30. The van der Waals surface area contributed by atoms with E-state index >= 15 is 0 Å². The van der Waals surface area contributed by atoms with Crippen LogP contribution >= 0.6 is 0 Å². The van der Waals surface area contributed by atoms with Gasteiger partial charge in [0, 0.05) is 5.39 Å². The number of benzene rings is 2. The maximum Gasteiger partial charge on any atom is 0.273 e. The molecule has 24 heavy (non-hydrogen) atoms. The molecule has 5 heteroatoms. The standard InChI is InChI=1S/C19H17N3O2/c1-12-5-3-7-15-10-17(13(2)21-18(12)15)19(24)22-20-11-14-6-4-8-16(23)9-14/h3-11,23H,1-2H3,(H,22,24). The summed E-state index contributed by atoms with van der Waals surface area (Å²) in [7, 11) is 0. The Labute approximate surface area is 139 Å². The van der Waals surface area contributed by atoms with E-state index in [2.05, 4.69) is 15.5 Å². The first-order valence-electron chi connectivity index (χ1n) is 7.54. The molecule has 1 amide bonds. The quantitative estimate of drug-likeness (QED) is 0.574. The zero-order valence-corrected chi connectivity index (χ0v) is 13.4. The molecule has 2 aromatic carbocycles. The largest absolute Gasteiger partial charge is 0.508 e. The Bertz CT molecular complexity index is 948. The van der Waals surface area contributed by atoms with Gasteiger partial charge >= 0.3 is 0 Å². The second-order valence-electron chi connectivity index (χ2n) is 5.56. The molecule has 3 rings (SSSR count). The smallest absolute Gasteiger partial charge is 0.273 e. The number of nitrogens with zero attached hydrogens (tertiary/aromatic N) is 2. The summed E-state index contributed by atoms with van der Waals surface area (Å²) in [5.74, 6) is -0.171. The van der Waals surface area contributed by atoms with Crippen LogP contribution in [0.1, 0.15) is 27.2 Å². The highest BCUT2D eigenvalue weighted by atomic mass is 16.3. The second-order valence-corrected chi connectivity index (χ2v) is 5.56. The molecule has 0 atom stereocenters. The third-order valence-electron chi connectivity index (χ3n) is 3.73. The number of rotatable bonds is 3. The van der Waals surface area contributed by atoms with E-state index in [1.807, 2.05) is 31.2 Å². The molecule has 0 unspecified atom stereocenters. The fourth-order valence-corrected chi connectivity index (χ4v) is 2.50. The average Bonchev–Trinajstić information content (AvgIpc) is 2.55. The molecule has 0 fully saturated rings. The van der Waals surface area contributed by atoms with Crippen molar-refractivity contribution < 1.29 is 9.90 Å². The van der Waals surface area contributed by atoms with Gasteiger partial charge in [0.25, 0.3) is 5.91 Å². The molecular weight excluding hydrogens is 302 g/mol. The topological polar surface area (TPSA) is 74.6 Å². The number of phenolic OH excluding ortho intramolecular Hbond substituents is 1. The Morgan fingerprint density at radius 1 is 1.17 bits per heavy atom. The van der Waals surface area contributed by atoms with Gasteiger partial charge in [-0.05, 0) is 43.2 Å². The molecule has 120 valence electrons. The van der Waals surface area contributed by atoms with Crippen LogP contribution < -0.4 is 5.43 Å². The molecule has 1 aromatic heterocycles. The van der Waals surface area contributed by atoms with Crippen LogP contribution in [0.15, 0.2) is 53.6 Å². The van der Waals surface area contributed by atoms with E-state index in [1.165, 1.54) is 6.21 Å². The van der Waals surface area contributed by atoms with Crippen molar-refractivity contribution in [1.29, 1.82) is 0 Å². The third-order valence-corrected chi connectivity index (χ3v) is 3.73. The fraction of sp³-hybridized carbons (Fsp3) is 0.105. The molecule has 0 saturated carbocycles. The minimum absolute atomic E-state index is 0.148. The van der Waals surface area contributed by atoms with E-state index in [9.17, 15) is 9.90 Å². The summed E-state index contributed by atoms with van der Waals surface area (Å²) in [4.78, 5) is 16.9. The Hall–Kier alpha value is -3.21. The number of phenols is 1. The van der Waals surface area contributed by atoms with Crippen LogP contribution in [0.5, 0.6) is 5.75 Å². The van der Waals surface area contributed by atoms with Crippen molar-refractivity contribution in [2.24, 2.45) is 5.10 Å². The number of hydrogen-bond donors (Lipinski definition) is 2. The Kier molecular flexibility index (Phi) is 4.24. The van der Waals surface area contributed by atoms with Gasteiger partial charge in [-0.2, -0.15) is 5.10 Å². The third kappa shape index (κ3) is 3.25. The van der Waals surface area contributed by atoms with Crippen molar-refractivity contribution in [1.82, 2.24) is 10.4 Å². The van der Waals surface area contributed by atoms with Crippen LogP contribution in [-0.4, -0.2) is 22.2 Å². The molecular formula is C19H17N3O2. The molecule has 0 spiro atoms. The van der Waals surface area contributed by atoms with Crippen molar-refractivity contribution in [3.05, 3.63) is 70.9 Å². The van der Waals surface area contributed by atoms with E-state index in [0.717, 1.165) is 16.5 Å². The summed E-state index contributed by atoms with van der Waals surface area (Å²) in [6.45, 7) is 3.80. The molecule has 5 nitrogen and oxygen atoms in total. The number of para-hydroxylation sites is 1. The summed E-state index contributed by atoms with van der Waals surface area (Å²) >= 11 is 0. The summed E-state index contributed by atoms with van der Waals surface area (Å²) < 4.78 is 0. The zero-order chi connectivity index (χ0) is 17.1. The van der Waals surface area contributed by atoms with E-state index in [-0.39, 0.29) is 11.7 Å². The van der Waals surface area contributed by atoms with Crippen LogP contribution in [0.2, 0.25) is 0 Å². The van der Waals surface area contributed by atoms with Crippen molar-refractivity contribution in [2.45, 2.75) is 13.8 Å². The maximum atomic E-state index is 12.3. The van der Waals surface area contributed by atoms with Crippen LogP contribution in [0.3, 0.4) is 0 Å². The lowest BCUT2D eigenvalue weighted by Gasteiger charge is -2.07. The van der Waals surface area contributed by atoms with Gasteiger partial charge in [0.15, 0.2) is 0 Å². The van der Waals surface area contributed by atoms with Crippen molar-refractivity contribution in [3.63, 3.8) is 0 Å². The number of carbonyl (C=O) groups is 1. The molecule has 0 aliphatic rings. The minimum atomic E-state index is -0.320. The highest BCUT2D eigenvalue weighted by Crippen LogP contribution is 2.19. The predicted molar refractivity (Wildman–Crippen MR) is 94.4 cm³/mol. The van der Waals surface area contributed by atoms with Gasteiger partial charge in [0.05, 0.1) is 23.0 Å². The normalized spacial score (nSPS) is 11.1. The highest BCUT2D eigenvalue weighted by molar-refractivity contribution is 5.99. The van der Waals surface area contributed by atoms with E-state index in [0.29, 0.717) is 16.8 Å². The van der Waals surface area contributed by atoms with Gasteiger partial charge in [-0.3, -0.25) is 9.78 Å². The lowest BCUT2D eigenvalue weighted by molar-refractivity contribution is 0.0954. The first-order chi connectivity index (χ1) is 11.5. The fourth-order valence-electron chi connectivity index (χ4n) is 2.50. The van der Waals surface area contributed by atoms with E-state index < -0.39 is 0 Å². The number of aromatic hydroxyl groups is 1.